The Bertz CT molecular complexity index is 1360. The number of allylic oxidation sites excluding steroid dienone is 2. The summed E-state index contributed by atoms with van der Waals surface area (Å²) in [5.41, 5.74) is 5.01. The number of benzene rings is 3. The molecule has 4 nitrogen and oxygen atoms in total. The average Bonchev–Trinajstić information content (AvgIpc) is 3.06. The summed E-state index contributed by atoms with van der Waals surface area (Å²) in [5, 5.41) is 1.89. The van der Waals surface area contributed by atoms with Crippen molar-refractivity contribution in [1.29, 1.82) is 0 Å². The van der Waals surface area contributed by atoms with E-state index in [1.807, 2.05) is 84.6 Å². The Morgan fingerprint density at radius 1 is 0.914 bits per heavy atom. The van der Waals surface area contributed by atoms with Crippen LogP contribution in [-0.4, -0.2) is 24.2 Å². The molecule has 3 aromatic carbocycles. The van der Waals surface area contributed by atoms with Crippen molar-refractivity contribution in [1.82, 2.24) is 5.32 Å². The lowest BCUT2D eigenvalue weighted by atomic mass is 9.70. The predicted molar refractivity (Wildman–Crippen MR) is 141 cm³/mol. The smallest absolute Gasteiger partial charge is 0.256 e. The minimum Gasteiger partial charge on any atom is -0.358 e. The van der Waals surface area contributed by atoms with Gasteiger partial charge in [-0.05, 0) is 47.2 Å². The molecule has 1 aliphatic carbocycles. The summed E-state index contributed by atoms with van der Waals surface area (Å²) in [6.45, 7) is 2.32. The molecule has 2 unspecified atom stereocenters. The lowest BCUT2D eigenvalue weighted by Crippen LogP contribution is -2.52. The van der Waals surface area contributed by atoms with Gasteiger partial charge in [-0.25, -0.2) is 0 Å². The van der Waals surface area contributed by atoms with Crippen LogP contribution in [0.2, 0.25) is 0 Å². The van der Waals surface area contributed by atoms with E-state index in [-0.39, 0.29) is 11.8 Å². The summed E-state index contributed by atoms with van der Waals surface area (Å²) >= 11 is 7.17. The number of fused-ring (bicyclic) bond motifs is 2. The minimum absolute atomic E-state index is 0.180. The maximum absolute atomic E-state index is 14.3. The monoisotopic (exact) mass is 482 g/mol. The third-order valence-electron chi connectivity index (χ3n) is 7.11. The van der Waals surface area contributed by atoms with Crippen molar-refractivity contribution in [2.24, 2.45) is 0 Å². The molecule has 0 spiro atoms. The molecule has 35 heavy (non-hydrogen) atoms. The molecule has 2 amide bonds. The van der Waals surface area contributed by atoms with Crippen LogP contribution < -0.4 is 10.2 Å². The van der Waals surface area contributed by atoms with Crippen LogP contribution in [-0.2, 0) is 28.0 Å². The van der Waals surface area contributed by atoms with Gasteiger partial charge in [-0.1, -0.05) is 84.9 Å². The van der Waals surface area contributed by atoms with E-state index in [9.17, 15) is 9.59 Å². The van der Waals surface area contributed by atoms with E-state index in [0.717, 1.165) is 34.4 Å². The number of halogens is 1. The molecule has 2 aliphatic rings. The van der Waals surface area contributed by atoms with Gasteiger partial charge in [0.05, 0.1) is 11.9 Å². The van der Waals surface area contributed by atoms with Gasteiger partial charge in [-0.2, -0.15) is 0 Å². The standard InChI is InChI=1S/C30H27ClN2O2/c1-20-16-17-30(29(35)32-2,24-13-4-3-5-14-24)27(31)26(20)28(34)33-19-23-12-7-6-10-21(23)18-22-11-8-9-15-25(22)33/h3-17,27H,18-19H2,1-2H3,(H,32,35). The Labute approximate surface area is 210 Å². The molecule has 2 atom stereocenters. The number of carbonyl (C=O) groups excluding carboxylic acids is 2. The van der Waals surface area contributed by atoms with Crippen molar-refractivity contribution >= 4 is 29.1 Å². The van der Waals surface area contributed by atoms with Gasteiger partial charge >= 0.3 is 0 Å². The number of nitrogens with one attached hydrogen (secondary N) is 1. The number of anilines is 1. The molecule has 1 N–H and O–H groups in total. The molecule has 1 aliphatic heterocycles. The second-order valence-corrected chi connectivity index (χ2v) is 9.51. The van der Waals surface area contributed by atoms with Gasteiger partial charge in [0.1, 0.15) is 5.41 Å². The van der Waals surface area contributed by atoms with Crippen molar-refractivity contribution in [2.75, 3.05) is 11.9 Å². The highest BCUT2D eigenvalue weighted by atomic mass is 35.5. The van der Waals surface area contributed by atoms with Crippen molar-refractivity contribution in [3.63, 3.8) is 0 Å². The number of hydrogen-bond donors (Lipinski definition) is 1. The number of likely N-dealkylation sites (N-methyl/N-ethyl adjacent to an activating group) is 1. The molecular weight excluding hydrogens is 456 g/mol. The summed E-state index contributed by atoms with van der Waals surface area (Å²) < 4.78 is 0. The van der Waals surface area contributed by atoms with Crippen molar-refractivity contribution in [3.05, 3.63) is 124 Å². The Balaban J connectivity index is 1.63. The molecule has 0 aromatic heterocycles. The van der Waals surface area contributed by atoms with E-state index >= 15 is 0 Å². The first-order chi connectivity index (χ1) is 17.0. The van der Waals surface area contributed by atoms with E-state index in [1.165, 1.54) is 5.56 Å². The summed E-state index contributed by atoms with van der Waals surface area (Å²) in [6, 6.07) is 25.7. The minimum atomic E-state index is -1.20. The zero-order chi connectivity index (χ0) is 24.6. The molecule has 5 rings (SSSR count). The van der Waals surface area contributed by atoms with E-state index in [4.69, 9.17) is 11.6 Å². The number of alkyl halides is 1. The first kappa shape index (κ1) is 23.1. The Morgan fingerprint density at radius 2 is 1.54 bits per heavy atom. The zero-order valence-electron chi connectivity index (χ0n) is 19.8. The lowest BCUT2D eigenvalue weighted by molar-refractivity contribution is -0.124. The number of rotatable bonds is 3. The number of para-hydroxylation sites is 1. The van der Waals surface area contributed by atoms with Gasteiger partial charge in [0.25, 0.3) is 5.91 Å². The topological polar surface area (TPSA) is 49.4 Å². The molecule has 0 fully saturated rings. The Hall–Kier alpha value is -3.63. The fraction of sp³-hybridized carbons (Fsp3) is 0.200. The molecule has 5 heteroatoms. The van der Waals surface area contributed by atoms with E-state index in [0.29, 0.717) is 12.1 Å². The SMILES string of the molecule is CNC(=O)C1(c2ccccc2)C=CC(C)=C(C(=O)N2Cc3ccccc3Cc3ccccc32)C1Cl. The highest BCUT2D eigenvalue weighted by Crippen LogP contribution is 2.43. The van der Waals surface area contributed by atoms with E-state index in [1.54, 1.807) is 7.05 Å². The number of amides is 2. The van der Waals surface area contributed by atoms with Gasteiger partial charge in [0, 0.05) is 18.3 Å². The highest BCUT2D eigenvalue weighted by Gasteiger charge is 2.50. The van der Waals surface area contributed by atoms with Crippen LogP contribution in [0.15, 0.2) is 102 Å². The van der Waals surface area contributed by atoms with Crippen LogP contribution in [0, 0.1) is 0 Å². The molecule has 176 valence electrons. The fourth-order valence-corrected chi connectivity index (χ4v) is 5.78. The van der Waals surface area contributed by atoms with Gasteiger partial charge in [0.15, 0.2) is 0 Å². The molecule has 0 saturated carbocycles. The molecular formula is C30H27ClN2O2. The average molecular weight is 483 g/mol. The second kappa shape index (κ2) is 9.20. The summed E-state index contributed by atoms with van der Waals surface area (Å²) in [6.07, 6.45) is 4.44. The van der Waals surface area contributed by atoms with Crippen molar-refractivity contribution < 1.29 is 9.59 Å². The Kier molecular flexibility index (Phi) is 6.08. The van der Waals surface area contributed by atoms with Gasteiger partial charge < -0.3 is 10.2 Å². The third kappa shape index (κ3) is 3.78. The molecule has 3 aromatic rings. The maximum Gasteiger partial charge on any atom is 0.256 e. The quantitative estimate of drug-likeness (QED) is 0.515. The first-order valence-corrected chi connectivity index (χ1v) is 12.2. The van der Waals surface area contributed by atoms with Crippen molar-refractivity contribution in [2.45, 2.75) is 30.7 Å². The van der Waals surface area contributed by atoms with Gasteiger partial charge in [-0.15, -0.1) is 11.6 Å². The molecule has 0 saturated heterocycles. The number of hydrogen-bond acceptors (Lipinski definition) is 2. The first-order valence-electron chi connectivity index (χ1n) is 11.8. The van der Waals surface area contributed by atoms with Crippen LogP contribution >= 0.6 is 11.6 Å². The lowest BCUT2D eigenvalue weighted by Gasteiger charge is -2.39. The normalized spacial score (nSPS) is 21.1. The molecule has 1 heterocycles. The van der Waals surface area contributed by atoms with Crippen molar-refractivity contribution in [3.8, 4) is 0 Å². The van der Waals surface area contributed by atoms with E-state index in [2.05, 4.69) is 23.5 Å². The summed E-state index contributed by atoms with van der Waals surface area (Å²) in [5.74, 6) is -0.431. The molecule has 0 radical (unpaired) electrons. The largest absolute Gasteiger partial charge is 0.358 e. The Morgan fingerprint density at radius 3 is 2.26 bits per heavy atom. The third-order valence-corrected chi connectivity index (χ3v) is 7.68. The van der Waals surface area contributed by atoms with Crippen LogP contribution in [0.5, 0.6) is 0 Å². The van der Waals surface area contributed by atoms with Gasteiger partial charge in [0.2, 0.25) is 5.91 Å². The van der Waals surface area contributed by atoms with Crippen LogP contribution in [0.25, 0.3) is 0 Å². The van der Waals surface area contributed by atoms with Crippen LogP contribution in [0.1, 0.15) is 29.2 Å². The fourth-order valence-electron chi connectivity index (χ4n) is 5.22. The van der Waals surface area contributed by atoms with E-state index < -0.39 is 10.8 Å². The second-order valence-electron chi connectivity index (χ2n) is 9.07. The number of nitrogens with zero attached hydrogens (tertiary/aromatic N) is 1. The zero-order valence-corrected chi connectivity index (χ0v) is 20.5. The predicted octanol–water partition coefficient (Wildman–Crippen LogP) is 5.30. The highest BCUT2D eigenvalue weighted by molar-refractivity contribution is 6.30. The van der Waals surface area contributed by atoms with Crippen LogP contribution in [0.3, 0.4) is 0 Å². The van der Waals surface area contributed by atoms with Gasteiger partial charge in [-0.3, -0.25) is 9.59 Å². The summed E-state index contributed by atoms with van der Waals surface area (Å²) in [7, 11) is 1.60. The number of carbonyl (C=O) groups is 2. The maximum atomic E-state index is 14.3. The van der Waals surface area contributed by atoms with Crippen LogP contribution in [0.4, 0.5) is 5.69 Å². The summed E-state index contributed by atoms with van der Waals surface area (Å²) in [4.78, 5) is 29.5. The molecule has 0 bridgehead atoms.